The van der Waals surface area contributed by atoms with Crippen LogP contribution in [0.3, 0.4) is 0 Å². The van der Waals surface area contributed by atoms with E-state index in [0.29, 0.717) is 23.8 Å². The molecule has 0 aromatic carbocycles. The Hall–Kier alpha value is -1.96. The first kappa shape index (κ1) is 13.5. The highest BCUT2D eigenvalue weighted by Crippen LogP contribution is 2.22. The van der Waals surface area contributed by atoms with Crippen molar-refractivity contribution in [3.8, 4) is 0 Å². The molecule has 2 rings (SSSR count). The van der Waals surface area contributed by atoms with Crippen LogP contribution in [-0.4, -0.2) is 39.4 Å². The topological polar surface area (TPSA) is 81.9 Å². The van der Waals surface area contributed by atoms with Crippen molar-refractivity contribution in [2.45, 2.75) is 13.3 Å². The number of aromatic nitrogens is 4. The fraction of sp³-hybridized carbons (Fsp3) is 0.455. The molecular formula is C11H15N5O2S. The van der Waals surface area contributed by atoms with Gasteiger partial charge in [-0.25, -0.2) is 14.8 Å². The van der Waals surface area contributed by atoms with Gasteiger partial charge >= 0.3 is 5.97 Å². The monoisotopic (exact) mass is 281 g/mol. The molecule has 2 heterocycles. The second-order valence-corrected chi connectivity index (χ2v) is 5.13. The molecule has 0 aliphatic heterocycles. The van der Waals surface area contributed by atoms with Gasteiger partial charge in [0.25, 0.3) is 0 Å². The standard InChI is InChI=1S/C11H15N5O2S/c1-7-9(10(17)18-3)14-11(19-7)12-5-4-8-13-6-16(2)15-8/h6H,4-5H2,1-3H3,(H,12,14). The fourth-order valence-electron chi connectivity index (χ4n) is 1.54. The summed E-state index contributed by atoms with van der Waals surface area (Å²) in [6.45, 7) is 2.51. The lowest BCUT2D eigenvalue weighted by atomic mass is 10.4. The Morgan fingerprint density at radius 2 is 2.37 bits per heavy atom. The molecule has 0 fully saturated rings. The number of anilines is 1. The van der Waals surface area contributed by atoms with Gasteiger partial charge < -0.3 is 10.1 Å². The number of nitrogens with zero attached hydrogens (tertiary/aromatic N) is 4. The van der Waals surface area contributed by atoms with Crippen LogP contribution in [0.2, 0.25) is 0 Å². The lowest BCUT2D eigenvalue weighted by molar-refractivity contribution is 0.0594. The molecule has 0 aliphatic carbocycles. The van der Waals surface area contributed by atoms with E-state index >= 15 is 0 Å². The third kappa shape index (κ3) is 3.28. The summed E-state index contributed by atoms with van der Waals surface area (Å²) >= 11 is 1.43. The van der Waals surface area contributed by atoms with E-state index in [0.717, 1.165) is 10.7 Å². The number of ether oxygens (including phenoxy) is 1. The summed E-state index contributed by atoms with van der Waals surface area (Å²) in [6, 6.07) is 0. The molecule has 0 aliphatic rings. The van der Waals surface area contributed by atoms with E-state index in [2.05, 4.69) is 25.1 Å². The summed E-state index contributed by atoms with van der Waals surface area (Å²) in [6.07, 6.45) is 2.37. The minimum atomic E-state index is -0.409. The predicted octanol–water partition coefficient (Wildman–Crippen LogP) is 1.02. The van der Waals surface area contributed by atoms with Gasteiger partial charge in [0, 0.05) is 24.9 Å². The van der Waals surface area contributed by atoms with Crippen LogP contribution in [0.5, 0.6) is 0 Å². The zero-order valence-electron chi connectivity index (χ0n) is 11.0. The Morgan fingerprint density at radius 3 is 3.00 bits per heavy atom. The van der Waals surface area contributed by atoms with Gasteiger partial charge in [0.15, 0.2) is 16.6 Å². The highest BCUT2D eigenvalue weighted by atomic mass is 32.1. The Bertz CT molecular complexity index is 577. The van der Waals surface area contributed by atoms with Crippen LogP contribution in [-0.2, 0) is 18.2 Å². The molecule has 8 heteroatoms. The first-order valence-electron chi connectivity index (χ1n) is 5.74. The van der Waals surface area contributed by atoms with Crippen LogP contribution in [0, 0.1) is 6.92 Å². The number of rotatable bonds is 5. The second-order valence-electron chi connectivity index (χ2n) is 3.93. The maximum Gasteiger partial charge on any atom is 0.357 e. The summed E-state index contributed by atoms with van der Waals surface area (Å²) < 4.78 is 6.33. The van der Waals surface area contributed by atoms with Gasteiger partial charge in [-0.1, -0.05) is 0 Å². The summed E-state index contributed by atoms with van der Waals surface area (Å²) in [5.41, 5.74) is 0.367. The van der Waals surface area contributed by atoms with Gasteiger partial charge in [-0.15, -0.1) is 11.3 Å². The minimum absolute atomic E-state index is 0.367. The average molecular weight is 281 g/mol. The van der Waals surface area contributed by atoms with Crippen molar-refractivity contribution in [2.75, 3.05) is 19.0 Å². The number of hydrogen-bond donors (Lipinski definition) is 1. The van der Waals surface area contributed by atoms with Crippen molar-refractivity contribution in [1.82, 2.24) is 19.7 Å². The Balaban J connectivity index is 1.91. The molecular weight excluding hydrogens is 266 g/mol. The van der Waals surface area contributed by atoms with Crippen LogP contribution in [0.4, 0.5) is 5.13 Å². The van der Waals surface area contributed by atoms with E-state index in [9.17, 15) is 4.79 Å². The molecule has 0 atom stereocenters. The zero-order valence-corrected chi connectivity index (χ0v) is 11.8. The molecule has 0 amide bonds. The van der Waals surface area contributed by atoms with Crippen LogP contribution in [0.1, 0.15) is 21.2 Å². The molecule has 0 saturated heterocycles. The van der Waals surface area contributed by atoms with Gasteiger partial charge in [0.2, 0.25) is 0 Å². The number of hydrogen-bond acceptors (Lipinski definition) is 7. The number of carbonyl (C=O) groups excluding carboxylic acids is 1. The number of aryl methyl sites for hydroxylation is 2. The largest absolute Gasteiger partial charge is 0.464 e. The third-order valence-corrected chi connectivity index (χ3v) is 3.38. The molecule has 2 aromatic rings. The Labute approximate surface area is 114 Å². The van der Waals surface area contributed by atoms with E-state index in [1.165, 1.54) is 18.4 Å². The minimum Gasteiger partial charge on any atom is -0.464 e. The van der Waals surface area contributed by atoms with Crippen LogP contribution in [0.15, 0.2) is 6.33 Å². The summed E-state index contributed by atoms with van der Waals surface area (Å²) in [5, 5.41) is 8.04. The molecule has 7 nitrogen and oxygen atoms in total. The maximum absolute atomic E-state index is 11.4. The van der Waals surface area contributed by atoms with E-state index in [-0.39, 0.29) is 0 Å². The van der Waals surface area contributed by atoms with Gasteiger partial charge in [-0.3, -0.25) is 4.68 Å². The van der Waals surface area contributed by atoms with Crippen molar-refractivity contribution >= 4 is 22.4 Å². The van der Waals surface area contributed by atoms with Crippen molar-refractivity contribution in [3.63, 3.8) is 0 Å². The third-order valence-electron chi connectivity index (χ3n) is 2.45. The van der Waals surface area contributed by atoms with Gasteiger partial charge in [0.05, 0.1) is 7.11 Å². The molecule has 1 N–H and O–H groups in total. The van der Waals surface area contributed by atoms with E-state index in [1.54, 1.807) is 11.0 Å². The number of nitrogens with one attached hydrogen (secondary N) is 1. The molecule has 19 heavy (non-hydrogen) atoms. The summed E-state index contributed by atoms with van der Waals surface area (Å²) in [7, 11) is 3.18. The Morgan fingerprint density at radius 1 is 1.58 bits per heavy atom. The molecule has 102 valence electrons. The van der Waals surface area contributed by atoms with Gasteiger partial charge in [0.1, 0.15) is 6.33 Å². The van der Waals surface area contributed by atoms with Crippen LogP contribution < -0.4 is 5.32 Å². The summed E-state index contributed by atoms with van der Waals surface area (Å²) in [5.74, 6) is 0.365. The lowest BCUT2D eigenvalue weighted by Crippen LogP contribution is -2.07. The first-order chi connectivity index (χ1) is 9.10. The van der Waals surface area contributed by atoms with Gasteiger partial charge in [-0.2, -0.15) is 5.10 Å². The normalized spacial score (nSPS) is 10.5. The molecule has 0 unspecified atom stereocenters. The smallest absolute Gasteiger partial charge is 0.357 e. The lowest BCUT2D eigenvalue weighted by Gasteiger charge is -1.99. The predicted molar refractivity (Wildman–Crippen MR) is 71.4 cm³/mol. The molecule has 0 radical (unpaired) electrons. The number of carbonyl (C=O) groups is 1. The summed E-state index contributed by atoms with van der Waals surface area (Å²) in [4.78, 5) is 20.6. The van der Waals surface area contributed by atoms with Crippen LogP contribution in [0.25, 0.3) is 0 Å². The number of methoxy groups -OCH3 is 1. The number of thiazole rings is 1. The van der Waals surface area contributed by atoms with E-state index in [4.69, 9.17) is 0 Å². The van der Waals surface area contributed by atoms with E-state index < -0.39 is 5.97 Å². The van der Waals surface area contributed by atoms with Crippen LogP contribution >= 0.6 is 11.3 Å². The quantitative estimate of drug-likeness (QED) is 0.824. The Kier molecular flexibility index (Phi) is 4.10. The van der Waals surface area contributed by atoms with Crippen molar-refractivity contribution in [3.05, 3.63) is 22.7 Å². The van der Waals surface area contributed by atoms with Crippen molar-refractivity contribution in [1.29, 1.82) is 0 Å². The molecule has 0 spiro atoms. The van der Waals surface area contributed by atoms with Crippen molar-refractivity contribution in [2.24, 2.45) is 7.05 Å². The zero-order chi connectivity index (χ0) is 13.8. The average Bonchev–Trinajstić information content (AvgIpc) is 2.95. The number of esters is 1. The highest BCUT2D eigenvalue weighted by Gasteiger charge is 2.15. The SMILES string of the molecule is COC(=O)c1nc(NCCc2ncn(C)n2)sc1C. The second kappa shape index (κ2) is 5.79. The van der Waals surface area contributed by atoms with Gasteiger partial charge in [-0.05, 0) is 6.92 Å². The van der Waals surface area contributed by atoms with Crippen molar-refractivity contribution < 1.29 is 9.53 Å². The molecule has 2 aromatic heterocycles. The molecule has 0 saturated carbocycles. The first-order valence-corrected chi connectivity index (χ1v) is 6.56. The molecule has 0 bridgehead atoms. The fourth-order valence-corrected chi connectivity index (χ4v) is 2.36. The highest BCUT2D eigenvalue weighted by molar-refractivity contribution is 7.15. The maximum atomic E-state index is 11.4. The van der Waals surface area contributed by atoms with E-state index in [1.807, 2.05) is 14.0 Å².